The van der Waals surface area contributed by atoms with Gasteiger partial charge in [0, 0.05) is 12.6 Å². The van der Waals surface area contributed by atoms with Gasteiger partial charge >= 0.3 is 0 Å². The van der Waals surface area contributed by atoms with Gasteiger partial charge in [0.2, 0.25) is 0 Å². The molecule has 0 spiro atoms. The van der Waals surface area contributed by atoms with E-state index in [2.05, 4.69) is 23.4 Å². The van der Waals surface area contributed by atoms with Crippen molar-refractivity contribution < 1.29 is 4.74 Å². The highest BCUT2D eigenvalue weighted by atomic mass is 16.5. The maximum absolute atomic E-state index is 9.27. The van der Waals surface area contributed by atoms with E-state index < -0.39 is 0 Å². The minimum atomic E-state index is 0.324. The average molecular weight is 285 g/mol. The highest BCUT2D eigenvalue weighted by molar-refractivity contribution is 5.66. The smallest absolute Gasteiger partial charge is 0.168 e. The minimum absolute atomic E-state index is 0.324. The Balaban J connectivity index is 2.38. The molecule has 0 saturated carbocycles. The Hall–Kier alpha value is -2.68. The molecule has 0 unspecified atom stereocenters. The molecule has 2 aromatic rings. The first-order chi connectivity index (χ1) is 10.2. The molecular formula is C15H19N5O. The van der Waals surface area contributed by atoms with Crippen LogP contribution in [0.3, 0.4) is 0 Å². The number of hydrogen-bond donors (Lipinski definition) is 2. The Morgan fingerprint density at radius 3 is 2.95 bits per heavy atom. The van der Waals surface area contributed by atoms with Gasteiger partial charge < -0.3 is 15.8 Å². The van der Waals surface area contributed by atoms with E-state index in [0.29, 0.717) is 22.9 Å². The standard InChI is InChI=1S/C15H19N5O/c1-3-4-8-18-15-13(10-16)14(17)20(19-15)11-6-5-7-12(9-11)21-2/h5-7,9H,3-4,8,17H2,1-2H3,(H,18,19). The summed E-state index contributed by atoms with van der Waals surface area (Å²) in [7, 11) is 1.60. The van der Waals surface area contributed by atoms with Crippen LogP contribution < -0.4 is 15.8 Å². The Morgan fingerprint density at radius 2 is 2.29 bits per heavy atom. The predicted octanol–water partition coefficient (Wildman–Crippen LogP) is 2.55. The number of unbranched alkanes of at least 4 members (excludes halogenated alkanes) is 1. The van der Waals surface area contributed by atoms with Gasteiger partial charge in [-0.05, 0) is 18.6 Å². The van der Waals surface area contributed by atoms with Crippen molar-refractivity contribution in [1.29, 1.82) is 5.26 Å². The second-order valence-electron chi connectivity index (χ2n) is 4.61. The lowest BCUT2D eigenvalue weighted by Gasteiger charge is -2.06. The number of benzene rings is 1. The molecule has 0 bridgehead atoms. The van der Waals surface area contributed by atoms with E-state index in [1.54, 1.807) is 11.8 Å². The van der Waals surface area contributed by atoms with Crippen molar-refractivity contribution in [2.24, 2.45) is 0 Å². The Labute approximate surface area is 124 Å². The molecule has 21 heavy (non-hydrogen) atoms. The fourth-order valence-electron chi connectivity index (χ4n) is 1.99. The zero-order valence-corrected chi connectivity index (χ0v) is 12.3. The number of nitrogens with zero attached hydrogens (tertiary/aromatic N) is 3. The lowest BCUT2D eigenvalue weighted by atomic mass is 10.3. The van der Waals surface area contributed by atoms with Crippen molar-refractivity contribution in [2.45, 2.75) is 19.8 Å². The normalized spacial score (nSPS) is 10.1. The zero-order chi connectivity index (χ0) is 15.2. The van der Waals surface area contributed by atoms with Crippen LogP contribution in [0.25, 0.3) is 5.69 Å². The third kappa shape index (κ3) is 3.08. The van der Waals surface area contributed by atoms with Gasteiger partial charge in [-0.3, -0.25) is 0 Å². The molecule has 0 fully saturated rings. The molecule has 2 rings (SSSR count). The maximum Gasteiger partial charge on any atom is 0.168 e. The molecule has 0 atom stereocenters. The van der Waals surface area contributed by atoms with Crippen molar-refractivity contribution in [1.82, 2.24) is 9.78 Å². The molecule has 1 aromatic heterocycles. The Morgan fingerprint density at radius 1 is 1.48 bits per heavy atom. The average Bonchev–Trinajstić information content (AvgIpc) is 2.83. The zero-order valence-electron chi connectivity index (χ0n) is 12.3. The topological polar surface area (TPSA) is 88.9 Å². The van der Waals surface area contributed by atoms with Crippen molar-refractivity contribution in [3.05, 3.63) is 29.8 Å². The minimum Gasteiger partial charge on any atom is -0.497 e. The highest BCUT2D eigenvalue weighted by Gasteiger charge is 2.16. The first-order valence-corrected chi connectivity index (χ1v) is 6.88. The van der Waals surface area contributed by atoms with Gasteiger partial charge in [-0.2, -0.15) is 5.26 Å². The highest BCUT2D eigenvalue weighted by Crippen LogP contribution is 2.25. The van der Waals surface area contributed by atoms with Crippen LogP contribution in [0.1, 0.15) is 25.3 Å². The lowest BCUT2D eigenvalue weighted by Crippen LogP contribution is -2.04. The molecule has 0 amide bonds. The number of nitrogens with two attached hydrogens (primary N) is 1. The largest absolute Gasteiger partial charge is 0.497 e. The predicted molar refractivity (Wildman–Crippen MR) is 82.6 cm³/mol. The van der Waals surface area contributed by atoms with E-state index in [1.807, 2.05) is 24.3 Å². The molecular weight excluding hydrogens is 266 g/mol. The number of anilines is 2. The number of nitriles is 1. The molecule has 0 radical (unpaired) electrons. The van der Waals surface area contributed by atoms with Crippen LogP contribution in [0.5, 0.6) is 5.75 Å². The Kier molecular flexibility index (Phi) is 4.67. The summed E-state index contributed by atoms with van der Waals surface area (Å²) in [6.07, 6.45) is 2.08. The van der Waals surface area contributed by atoms with Gasteiger partial charge in [-0.15, -0.1) is 5.10 Å². The van der Waals surface area contributed by atoms with Crippen molar-refractivity contribution in [2.75, 3.05) is 24.7 Å². The molecule has 0 saturated heterocycles. The van der Waals surface area contributed by atoms with Gasteiger partial charge in [0.1, 0.15) is 23.2 Å². The SMILES string of the molecule is CCCCNc1nn(-c2cccc(OC)c2)c(N)c1C#N. The van der Waals surface area contributed by atoms with Crippen LogP contribution in [0, 0.1) is 11.3 Å². The van der Waals surface area contributed by atoms with E-state index in [-0.39, 0.29) is 0 Å². The van der Waals surface area contributed by atoms with Gasteiger partial charge in [0.05, 0.1) is 12.8 Å². The first kappa shape index (κ1) is 14.7. The summed E-state index contributed by atoms with van der Waals surface area (Å²) in [5.74, 6) is 1.55. The van der Waals surface area contributed by atoms with Gasteiger partial charge in [0.25, 0.3) is 0 Å². The summed E-state index contributed by atoms with van der Waals surface area (Å²) in [5, 5.41) is 16.8. The van der Waals surface area contributed by atoms with E-state index in [9.17, 15) is 5.26 Å². The van der Waals surface area contributed by atoms with Crippen LogP contribution in [0.2, 0.25) is 0 Å². The summed E-state index contributed by atoms with van der Waals surface area (Å²) < 4.78 is 6.75. The summed E-state index contributed by atoms with van der Waals surface area (Å²) in [6.45, 7) is 2.87. The number of aromatic nitrogens is 2. The number of nitrogens with one attached hydrogen (secondary N) is 1. The van der Waals surface area contributed by atoms with Crippen molar-refractivity contribution in [3.63, 3.8) is 0 Å². The van der Waals surface area contributed by atoms with Gasteiger partial charge in [0.15, 0.2) is 5.82 Å². The van der Waals surface area contributed by atoms with E-state index >= 15 is 0 Å². The number of hydrogen-bond acceptors (Lipinski definition) is 5. The summed E-state index contributed by atoms with van der Waals surface area (Å²) >= 11 is 0. The van der Waals surface area contributed by atoms with Crippen LogP contribution in [-0.4, -0.2) is 23.4 Å². The molecule has 1 aromatic carbocycles. The fraction of sp³-hybridized carbons (Fsp3) is 0.333. The monoisotopic (exact) mass is 285 g/mol. The summed E-state index contributed by atoms with van der Waals surface area (Å²) in [4.78, 5) is 0. The van der Waals surface area contributed by atoms with E-state index in [4.69, 9.17) is 10.5 Å². The second kappa shape index (κ2) is 6.66. The summed E-state index contributed by atoms with van der Waals surface area (Å²) in [5.41, 5.74) is 7.17. The number of ether oxygens (including phenoxy) is 1. The van der Waals surface area contributed by atoms with Crippen molar-refractivity contribution >= 4 is 11.6 Å². The van der Waals surface area contributed by atoms with E-state index in [0.717, 1.165) is 25.1 Å². The molecule has 0 aliphatic carbocycles. The second-order valence-corrected chi connectivity index (χ2v) is 4.61. The number of rotatable bonds is 6. The lowest BCUT2D eigenvalue weighted by molar-refractivity contribution is 0.414. The molecule has 0 aliphatic rings. The molecule has 110 valence electrons. The number of nitrogen functional groups attached to an aromatic ring is 1. The molecule has 1 heterocycles. The quantitative estimate of drug-likeness (QED) is 0.796. The maximum atomic E-state index is 9.27. The van der Waals surface area contributed by atoms with Crippen LogP contribution in [-0.2, 0) is 0 Å². The van der Waals surface area contributed by atoms with Crippen LogP contribution in [0.4, 0.5) is 11.6 Å². The fourth-order valence-corrected chi connectivity index (χ4v) is 1.99. The van der Waals surface area contributed by atoms with E-state index in [1.165, 1.54) is 0 Å². The van der Waals surface area contributed by atoms with Crippen molar-refractivity contribution in [3.8, 4) is 17.5 Å². The molecule has 6 nitrogen and oxygen atoms in total. The van der Waals surface area contributed by atoms with Crippen LogP contribution in [0.15, 0.2) is 24.3 Å². The molecule has 3 N–H and O–H groups in total. The van der Waals surface area contributed by atoms with Gasteiger partial charge in [-0.1, -0.05) is 19.4 Å². The Bertz CT molecular complexity index is 657. The summed E-state index contributed by atoms with van der Waals surface area (Å²) in [6, 6.07) is 9.49. The van der Waals surface area contributed by atoms with Crippen LogP contribution >= 0.6 is 0 Å². The molecule has 0 aliphatic heterocycles. The first-order valence-electron chi connectivity index (χ1n) is 6.88. The third-order valence-electron chi connectivity index (χ3n) is 3.15. The third-order valence-corrected chi connectivity index (χ3v) is 3.15. The molecule has 6 heteroatoms. The number of methoxy groups -OCH3 is 1. The van der Waals surface area contributed by atoms with Gasteiger partial charge in [-0.25, -0.2) is 4.68 Å².